The Kier molecular flexibility index (Phi) is 3.83. The van der Waals surface area contributed by atoms with E-state index in [-0.39, 0.29) is 0 Å². The molecule has 6 heteroatoms. The fraction of sp³-hybridized carbons (Fsp3) is 0.714. The summed E-state index contributed by atoms with van der Waals surface area (Å²) in [6.45, 7) is 3.80. The van der Waals surface area contributed by atoms with Crippen molar-refractivity contribution in [1.82, 2.24) is 10.9 Å². The summed E-state index contributed by atoms with van der Waals surface area (Å²) in [5.41, 5.74) is 2.33. The lowest BCUT2D eigenvalue weighted by molar-refractivity contribution is -0.141. The summed E-state index contributed by atoms with van der Waals surface area (Å²) in [7, 11) is 0. The smallest absolute Gasteiger partial charge is 0.269 e. The topological polar surface area (TPSA) is 98.7 Å². The molecule has 6 nitrogen and oxygen atoms in total. The van der Waals surface area contributed by atoms with Gasteiger partial charge in [-0.05, 0) is 20.8 Å². The third kappa shape index (κ3) is 4.44. The van der Waals surface area contributed by atoms with Crippen LogP contribution < -0.4 is 10.9 Å². The molecule has 0 aromatic rings. The van der Waals surface area contributed by atoms with Gasteiger partial charge < -0.3 is 10.2 Å². The molecule has 0 radical (unpaired) electrons. The summed E-state index contributed by atoms with van der Waals surface area (Å²) in [5.74, 6) is -1.49. The molecule has 2 amide bonds. The summed E-state index contributed by atoms with van der Waals surface area (Å²) in [4.78, 5) is 21.7. The Morgan fingerprint density at radius 2 is 1.77 bits per heavy atom. The Bertz CT molecular complexity index is 207. The highest BCUT2D eigenvalue weighted by molar-refractivity contribution is 5.87. The molecule has 0 aliphatic carbocycles. The second-order valence-electron chi connectivity index (χ2n) is 3.18. The van der Waals surface area contributed by atoms with Gasteiger partial charge in [0, 0.05) is 0 Å². The van der Waals surface area contributed by atoms with Gasteiger partial charge in [-0.15, -0.1) is 0 Å². The van der Waals surface area contributed by atoms with E-state index in [2.05, 4.69) is 0 Å². The van der Waals surface area contributed by atoms with Crippen molar-refractivity contribution in [2.75, 3.05) is 0 Å². The Balaban J connectivity index is 3.92. The predicted molar refractivity (Wildman–Crippen MR) is 44.3 cm³/mol. The maximum absolute atomic E-state index is 10.9. The zero-order valence-electron chi connectivity index (χ0n) is 7.79. The van der Waals surface area contributed by atoms with Gasteiger partial charge in [0.05, 0.1) is 0 Å². The second-order valence-corrected chi connectivity index (χ2v) is 3.18. The number of hydrazine groups is 1. The highest BCUT2D eigenvalue weighted by atomic mass is 16.3. The summed E-state index contributed by atoms with van der Waals surface area (Å²) in [5, 5.41) is 17.8. The van der Waals surface area contributed by atoms with Crippen LogP contribution >= 0.6 is 0 Å². The highest BCUT2D eigenvalue weighted by Crippen LogP contribution is 1.98. The Morgan fingerprint density at radius 1 is 1.31 bits per heavy atom. The van der Waals surface area contributed by atoms with Crippen LogP contribution in [0.15, 0.2) is 0 Å². The van der Waals surface area contributed by atoms with E-state index >= 15 is 0 Å². The van der Waals surface area contributed by atoms with Crippen molar-refractivity contribution in [2.24, 2.45) is 0 Å². The lowest BCUT2D eigenvalue weighted by Crippen LogP contribution is -2.52. The van der Waals surface area contributed by atoms with E-state index in [1.165, 1.54) is 20.8 Å². The van der Waals surface area contributed by atoms with Gasteiger partial charge in [-0.3, -0.25) is 20.4 Å². The summed E-state index contributed by atoms with van der Waals surface area (Å²) in [6, 6.07) is 0. The van der Waals surface area contributed by atoms with Crippen LogP contribution in [0.25, 0.3) is 0 Å². The monoisotopic (exact) mass is 190 g/mol. The number of hydrogen-bond donors (Lipinski definition) is 4. The van der Waals surface area contributed by atoms with Gasteiger partial charge in [-0.2, -0.15) is 0 Å². The van der Waals surface area contributed by atoms with E-state index in [0.29, 0.717) is 0 Å². The van der Waals surface area contributed by atoms with Gasteiger partial charge in [0.15, 0.2) is 0 Å². The second kappa shape index (κ2) is 4.20. The van der Waals surface area contributed by atoms with Crippen LogP contribution in [0.3, 0.4) is 0 Å². The SMILES string of the molecule is C[C@@H](O)C(=O)NNC(=O)C(C)(C)O. The van der Waals surface area contributed by atoms with E-state index in [4.69, 9.17) is 10.2 Å². The molecule has 0 spiro atoms. The van der Waals surface area contributed by atoms with E-state index in [0.717, 1.165) is 0 Å². The third-order valence-electron chi connectivity index (χ3n) is 1.23. The maximum atomic E-state index is 10.9. The van der Waals surface area contributed by atoms with Crippen molar-refractivity contribution in [2.45, 2.75) is 32.5 Å². The average Bonchev–Trinajstić information content (AvgIpc) is 1.97. The van der Waals surface area contributed by atoms with Crippen molar-refractivity contribution < 1.29 is 19.8 Å². The number of amides is 2. The minimum absolute atomic E-state index is 0.738. The molecule has 0 heterocycles. The number of nitrogens with one attached hydrogen (secondary N) is 2. The van der Waals surface area contributed by atoms with Crippen LogP contribution in [0, 0.1) is 0 Å². The molecule has 0 aromatic heterocycles. The third-order valence-corrected chi connectivity index (χ3v) is 1.23. The summed E-state index contributed by atoms with van der Waals surface area (Å²) < 4.78 is 0. The quantitative estimate of drug-likeness (QED) is 0.389. The van der Waals surface area contributed by atoms with Crippen LogP contribution in [0.2, 0.25) is 0 Å². The van der Waals surface area contributed by atoms with Crippen LogP contribution in [0.5, 0.6) is 0 Å². The van der Waals surface area contributed by atoms with Crippen LogP contribution in [0.4, 0.5) is 0 Å². The first-order chi connectivity index (χ1) is 5.75. The number of aliphatic hydroxyl groups is 2. The van der Waals surface area contributed by atoms with Crippen molar-refractivity contribution in [3.63, 3.8) is 0 Å². The first-order valence-electron chi connectivity index (χ1n) is 3.76. The van der Waals surface area contributed by atoms with E-state index in [1.807, 2.05) is 10.9 Å². The highest BCUT2D eigenvalue weighted by Gasteiger charge is 2.24. The summed E-state index contributed by atoms with van der Waals surface area (Å²) in [6.07, 6.45) is -1.21. The Labute approximate surface area is 75.9 Å². The normalized spacial score (nSPS) is 13.3. The van der Waals surface area contributed by atoms with Crippen LogP contribution in [-0.2, 0) is 9.59 Å². The first-order valence-corrected chi connectivity index (χ1v) is 3.76. The van der Waals surface area contributed by atoms with Gasteiger partial charge in [0.2, 0.25) is 0 Å². The van der Waals surface area contributed by atoms with Gasteiger partial charge in [0.1, 0.15) is 11.7 Å². The molecule has 0 saturated carbocycles. The van der Waals surface area contributed by atoms with E-state index in [9.17, 15) is 9.59 Å². The Morgan fingerprint density at radius 3 is 2.08 bits per heavy atom. The average molecular weight is 190 g/mol. The molecule has 0 aliphatic rings. The molecule has 0 aliphatic heterocycles. The van der Waals surface area contributed by atoms with Crippen LogP contribution in [-0.4, -0.2) is 33.7 Å². The zero-order chi connectivity index (χ0) is 10.6. The number of carbonyl (C=O) groups is 2. The number of rotatable bonds is 2. The minimum Gasteiger partial charge on any atom is -0.383 e. The van der Waals surface area contributed by atoms with Crippen molar-refractivity contribution in [3.05, 3.63) is 0 Å². The molecular formula is C7H14N2O4. The number of aliphatic hydroxyl groups excluding tert-OH is 1. The molecule has 0 fully saturated rings. The predicted octanol–water partition coefficient (Wildman–Crippen LogP) is -1.71. The van der Waals surface area contributed by atoms with Crippen molar-refractivity contribution >= 4 is 11.8 Å². The molecule has 76 valence electrons. The molecule has 0 bridgehead atoms. The van der Waals surface area contributed by atoms with Gasteiger partial charge in [-0.25, -0.2) is 0 Å². The van der Waals surface area contributed by atoms with Crippen molar-refractivity contribution in [1.29, 1.82) is 0 Å². The van der Waals surface area contributed by atoms with E-state index < -0.39 is 23.5 Å². The Hall–Kier alpha value is -1.14. The fourth-order valence-electron chi connectivity index (χ4n) is 0.376. The molecule has 0 aromatic carbocycles. The van der Waals surface area contributed by atoms with Gasteiger partial charge >= 0.3 is 0 Å². The molecule has 0 rings (SSSR count). The lowest BCUT2D eigenvalue weighted by Gasteiger charge is -2.17. The lowest BCUT2D eigenvalue weighted by atomic mass is 10.1. The summed E-state index contributed by atoms with van der Waals surface area (Å²) >= 11 is 0. The van der Waals surface area contributed by atoms with E-state index in [1.54, 1.807) is 0 Å². The molecule has 4 N–H and O–H groups in total. The van der Waals surface area contributed by atoms with Crippen molar-refractivity contribution in [3.8, 4) is 0 Å². The molecule has 1 atom stereocenters. The zero-order valence-corrected chi connectivity index (χ0v) is 7.79. The molecular weight excluding hydrogens is 176 g/mol. The largest absolute Gasteiger partial charge is 0.383 e. The number of carbonyl (C=O) groups excluding carboxylic acids is 2. The number of hydrogen-bond acceptors (Lipinski definition) is 4. The standard InChI is InChI=1S/C7H14N2O4/c1-4(10)5(11)8-9-6(12)7(2,3)13/h4,10,13H,1-3H3,(H,8,11)(H,9,12)/t4-/m1/s1. The molecule has 13 heavy (non-hydrogen) atoms. The molecule has 0 unspecified atom stereocenters. The van der Waals surface area contributed by atoms with Gasteiger partial charge in [-0.1, -0.05) is 0 Å². The van der Waals surface area contributed by atoms with Crippen LogP contribution in [0.1, 0.15) is 20.8 Å². The van der Waals surface area contributed by atoms with Gasteiger partial charge in [0.25, 0.3) is 11.8 Å². The fourth-order valence-corrected chi connectivity index (χ4v) is 0.376. The molecule has 0 saturated heterocycles. The minimum atomic E-state index is -1.56. The maximum Gasteiger partial charge on any atom is 0.269 e. The first kappa shape index (κ1) is 11.9.